The fourth-order valence-electron chi connectivity index (χ4n) is 4.78. The highest BCUT2D eigenvalue weighted by Crippen LogP contribution is 2.34. The minimum Gasteiger partial charge on any atom is -0.495 e. The number of carbonyl (C=O) groups excluding carboxylic acids is 2. The van der Waals surface area contributed by atoms with Gasteiger partial charge < -0.3 is 15.0 Å². The number of ether oxygens (including phenoxy) is 1. The maximum Gasteiger partial charge on any atom is 0.264 e. The molecule has 0 fully saturated rings. The van der Waals surface area contributed by atoms with Crippen LogP contribution in [-0.2, 0) is 32.6 Å². The Morgan fingerprint density at radius 1 is 0.884 bits per heavy atom. The third-order valence-electron chi connectivity index (χ3n) is 6.97. The maximum atomic E-state index is 14.4. The molecule has 0 saturated carbocycles. The first-order valence-electron chi connectivity index (χ1n) is 13.7. The lowest BCUT2D eigenvalue weighted by Crippen LogP contribution is -2.53. The van der Waals surface area contributed by atoms with Crippen molar-refractivity contribution >= 4 is 39.1 Å². The van der Waals surface area contributed by atoms with Crippen LogP contribution in [0, 0.1) is 6.92 Å². The van der Waals surface area contributed by atoms with Crippen LogP contribution >= 0.6 is 11.6 Å². The smallest absolute Gasteiger partial charge is 0.264 e. The van der Waals surface area contributed by atoms with Crippen molar-refractivity contribution in [2.45, 2.75) is 30.8 Å². The Bertz CT molecular complexity index is 1670. The monoisotopic (exact) mass is 619 g/mol. The predicted molar refractivity (Wildman–Crippen MR) is 169 cm³/mol. The summed E-state index contributed by atoms with van der Waals surface area (Å²) in [6.45, 7) is 1.26. The second-order valence-electron chi connectivity index (χ2n) is 9.97. The molecule has 0 aromatic heterocycles. The van der Waals surface area contributed by atoms with E-state index in [4.69, 9.17) is 16.3 Å². The summed E-state index contributed by atoms with van der Waals surface area (Å²) in [6.07, 6.45) is 0.214. The minimum atomic E-state index is -4.24. The number of anilines is 1. The van der Waals surface area contributed by atoms with Crippen LogP contribution in [-0.4, -0.2) is 51.9 Å². The number of methoxy groups -OCH3 is 1. The largest absolute Gasteiger partial charge is 0.495 e. The molecule has 4 aromatic carbocycles. The Morgan fingerprint density at radius 2 is 1.53 bits per heavy atom. The number of benzene rings is 4. The SMILES string of the molecule is CNC(=O)[C@H](Cc1ccccc1)N(Cc1cccc(Cl)c1)C(=O)CN(c1cc(C)ccc1OC)S(=O)(=O)c1ccccc1. The van der Waals surface area contributed by atoms with Crippen LogP contribution in [0.1, 0.15) is 16.7 Å². The molecule has 4 rings (SSSR count). The van der Waals surface area contributed by atoms with Gasteiger partial charge in [-0.25, -0.2) is 8.42 Å². The number of halogens is 1. The Morgan fingerprint density at radius 3 is 2.16 bits per heavy atom. The molecule has 0 bridgehead atoms. The quantitative estimate of drug-likeness (QED) is 0.234. The average Bonchev–Trinajstić information content (AvgIpc) is 3.02. The molecule has 0 radical (unpaired) electrons. The van der Waals surface area contributed by atoms with Gasteiger partial charge in [0.15, 0.2) is 0 Å². The van der Waals surface area contributed by atoms with E-state index >= 15 is 0 Å². The highest BCUT2D eigenvalue weighted by molar-refractivity contribution is 7.92. The van der Waals surface area contributed by atoms with Crippen LogP contribution in [0.4, 0.5) is 5.69 Å². The van der Waals surface area contributed by atoms with Crippen molar-refractivity contribution in [3.05, 3.63) is 125 Å². The summed E-state index contributed by atoms with van der Waals surface area (Å²) in [7, 11) is -1.29. The molecule has 0 heterocycles. The van der Waals surface area contributed by atoms with Gasteiger partial charge in [0.05, 0.1) is 17.7 Å². The molecule has 0 saturated heterocycles. The Balaban J connectivity index is 1.83. The van der Waals surface area contributed by atoms with Crippen molar-refractivity contribution in [1.82, 2.24) is 10.2 Å². The molecule has 0 spiro atoms. The zero-order valence-corrected chi connectivity index (χ0v) is 25.8. The van der Waals surface area contributed by atoms with Crippen LogP contribution in [0.2, 0.25) is 5.02 Å². The summed E-state index contributed by atoms with van der Waals surface area (Å²) in [5.74, 6) is -0.677. The molecule has 43 heavy (non-hydrogen) atoms. The number of carbonyl (C=O) groups is 2. The van der Waals surface area contributed by atoms with Gasteiger partial charge in [-0.3, -0.25) is 13.9 Å². The lowest BCUT2D eigenvalue weighted by atomic mass is 10.0. The van der Waals surface area contributed by atoms with Crippen LogP contribution in [0.25, 0.3) is 0 Å². The van der Waals surface area contributed by atoms with E-state index in [1.54, 1.807) is 60.7 Å². The number of aryl methyl sites for hydroxylation is 1. The minimum absolute atomic E-state index is 0.0138. The number of nitrogens with zero attached hydrogens (tertiary/aromatic N) is 2. The first kappa shape index (κ1) is 31.6. The van der Waals surface area contributed by atoms with Crippen molar-refractivity contribution in [3.8, 4) is 5.75 Å². The molecule has 2 amide bonds. The van der Waals surface area contributed by atoms with E-state index in [2.05, 4.69) is 5.32 Å². The van der Waals surface area contributed by atoms with Crippen molar-refractivity contribution < 1.29 is 22.7 Å². The molecule has 4 aromatic rings. The number of amides is 2. The summed E-state index contributed by atoms with van der Waals surface area (Å²) < 4.78 is 34.8. The highest BCUT2D eigenvalue weighted by atomic mass is 35.5. The first-order valence-corrected chi connectivity index (χ1v) is 15.5. The molecular formula is C33H34ClN3O5S. The molecule has 1 N–H and O–H groups in total. The predicted octanol–water partition coefficient (Wildman–Crippen LogP) is 5.24. The van der Waals surface area contributed by atoms with Gasteiger partial charge in [-0.2, -0.15) is 0 Å². The second-order valence-corrected chi connectivity index (χ2v) is 12.3. The van der Waals surface area contributed by atoms with Crippen molar-refractivity contribution in [2.75, 3.05) is 25.0 Å². The Kier molecular flexibility index (Phi) is 10.4. The molecule has 0 aliphatic rings. The van der Waals surface area contributed by atoms with Crippen LogP contribution in [0.3, 0.4) is 0 Å². The highest BCUT2D eigenvalue weighted by Gasteiger charge is 2.35. The summed E-state index contributed by atoms with van der Waals surface area (Å²) in [5.41, 5.74) is 2.52. The van der Waals surface area contributed by atoms with E-state index < -0.39 is 28.5 Å². The third-order valence-corrected chi connectivity index (χ3v) is 8.98. The molecule has 10 heteroatoms. The molecule has 0 aliphatic carbocycles. The van der Waals surface area contributed by atoms with E-state index in [9.17, 15) is 18.0 Å². The van der Waals surface area contributed by atoms with Crippen molar-refractivity contribution in [2.24, 2.45) is 0 Å². The molecule has 0 unspecified atom stereocenters. The van der Waals surface area contributed by atoms with Gasteiger partial charge >= 0.3 is 0 Å². The number of sulfonamides is 1. The topological polar surface area (TPSA) is 96.0 Å². The van der Waals surface area contributed by atoms with E-state index in [-0.39, 0.29) is 35.2 Å². The summed E-state index contributed by atoms with van der Waals surface area (Å²) in [5, 5.41) is 3.15. The zero-order valence-electron chi connectivity index (χ0n) is 24.2. The number of likely N-dealkylation sites (N-methyl/N-ethyl adjacent to an activating group) is 1. The van der Waals surface area contributed by atoms with Gasteiger partial charge in [0.1, 0.15) is 18.3 Å². The van der Waals surface area contributed by atoms with Gasteiger partial charge in [0.25, 0.3) is 10.0 Å². The summed E-state index contributed by atoms with van der Waals surface area (Å²) >= 11 is 6.26. The molecular weight excluding hydrogens is 586 g/mol. The van der Waals surface area contributed by atoms with E-state index in [1.165, 1.54) is 31.2 Å². The van der Waals surface area contributed by atoms with Crippen LogP contribution in [0.5, 0.6) is 5.75 Å². The number of nitrogens with one attached hydrogen (secondary N) is 1. The fourth-order valence-corrected chi connectivity index (χ4v) is 6.43. The zero-order chi connectivity index (χ0) is 31.0. The summed E-state index contributed by atoms with van der Waals surface area (Å²) in [6, 6.07) is 28.4. The average molecular weight is 620 g/mol. The van der Waals surface area contributed by atoms with Crippen LogP contribution < -0.4 is 14.4 Å². The standard InChI is InChI=1S/C33H34ClN3O5S/c1-24-17-18-31(42-3)29(19-24)37(43(40,41)28-15-8-5-9-16-28)23-32(38)36(22-26-13-10-14-27(34)20-26)30(33(39)35-2)21-25-11-6-4-7-12-25/h4-20,30H,21-23H2,1-3H3,(H,35,39)/t30-/m0/s1. The Hall–Kier alpha value is -4.34. The summed E-state index contributed by atoms with van der Waals surface area (Å²) in [4.78, 5) is 29.2. The lowest BCUT2D eigenvalue weighted by molar-refractivity contribution is -0.139. The normalized spacial score (nSPS) is 11.8. The van der Waals surface area contributed by atoms with E-state index in [0.29, 0.717) is 10.6 Å². The van der Waals surface area contributed by atoms with E-state index in [1.807, 2.05) is 37.3 Å². The second kappa shape index (κ2) is 14.2. The molecule has 224 valence electrons. The first-order chi connectivity index (χ1) is 20.6. The number of hydrogen-bond donors (Lipinski definition) is 1. The van der Waals surface area contributed by atoms with Crippen molar-refractivity contribution in [3.63, 3.8) is 0 Å². The van der Waals surface area contributed by atoms with Gasteiger partial charge in [-0.05, 0) is 60.0 Å². The molecule has 0 aliphatic heterocycles. The van der Waals surface area contributed by atoms with Gasteiger partial charge in [0.2, 0.25) is 11.8 Å². The van der Waals surface area contributed by atoms with Gasteiger partial charge in [0, 0.05) is 25.0 Å². The van der Waals surface area contributed by atoms with Gasteiger partial charge in [-0.1, -0.05) is 78.3 Å². The lowest BCUT2D eigenvalue weighted by Gasteiger charge is -2.34. The molecule has 8 nitrogen and oxygen atoms in total. The van der Waals surface area contributed by atoms with Gasteiger partial charge in [-0.15, -0.1) is 0 Å². The van der Waals surface area contributed by atoms with E-state index in [0.717, 1.165) is 15.4 Å². The fraction of sp³-hybridized carbons (Fsp3) is 0.212. The molecule has 1 atom stereocenters. The Labute approximate surface area is 257 Å². The van der Waals surface area contributed by atoms with Crippen LogP contribution in [0.15, 0.2) is 108 Å². The number of rotatable bonds is 12. The third kappa shape index (κ3) is 7.74. The van der Waals surface area contributed by atoms with Crippen molar-refractivity contribution in [1.29, 1.82) is 0 Å². The maximum absolute atomic E-state index is 14.4. The number of hydrogen-bond acceptors (Lipinski definition) is 5.